The van der Waals surface area contributed by atoms with E-state index in [1.807, 2.05) is 7.05 Å². The Morgan fingerprint density at radius 1 is 1.19 bits per heavy atom. The van der Waals surface area contributed by atoms with Gasteiger partial charge in [0.05, 0.1) is 6.42 Å². The molecule has 2 fully saturated rings. The van der Waals surface area contributed by atoms with Crippen molar-refractivity contribution in [1.29, 1.82) is 0 Å². The molecule has 0 amide bonds. The van der Waals surface area contributed by atoms with E-state index in [0.717, 1.165) is 25.7 Å². The van der Waals surface area contributed by atoms with Crippen LogP contribution in [0, 0.1) is 0 Å². The van der Waals surface area contributed by atoms with Crippen LogP contribution in [0.5, 0.6) is 0 Å². The molecule has 2 aliphatic heterocycles. The standard InChI is InChI=1S/C11H19F3N2/c1-15-8-6-9-2-3-10(7-8)16(9)5-4-11(12,13)14/h8-10,15H,2-7H2,1H3. The second-order valence-corrected chi connectivity index (χ2v) is 4.95. The topological polar surface area (TPSA) is 15.3 Å². The van der Waals surface area contributed by atoms with Crippen LogP contribution in [0.4, 0.5) is 13.2 Å². The highest BCUT2D eigenvalue weighted by atomic mass is 19.4. The molecule has 2 atom stereocenters. The van der Waals surface area contributed by atoms with Crippen molar-refractivity contribution in [3.63, 3.8) is 0 Å². The van der Waals surface area contributed by atoms with Crippen LogP contribution >= 0.6 is 0 Å². The summed E-state index contributed by atoms with van der Waals surface area (Å²) in [6.07, 6.45) is -0.527. The Morgan fingerprint density at radius 3 is 2.19 bits per heavy atom. The van der Waals surface area contributed by atoms with E-state index in [1.165, 1.54) is 0 Å². The van der Waals surface area contributed by atoms with Crippen molar-refractivity contribution in [2.75, 3.05) is 13.6 Å². The number of alkyl halides is 3. The van der Waals surface area contributed by atoms with Gasteiger partial charge >= 0.3 is 6.18 Å². The first-order valence-electron chi connectivity index (χ1n) is 5.99. The lowest BCUT2D eigenvalue weighted by Crippen LogP contribution is -2.49. The van der Waals surface area contributed by atoms with Gasteiger partial charge in [-0.3, -0.25) is 4.90 Å². The zero-order valence-electron chi connectivity index (χ0n) is 9.56. The molecule has 5 heteroatoms. The minimum absolute atomic E-state index is 0.190. The fourth-order valence-electron chi connectivity index (χ4n) is 3.13. The van der Waals surface area contributed by atoms with Gasteiger partial charge in [0.1, 0.15) is 0 Å². The van der Waals surface area contributed by atoms with Gasteiger partial charge in [-0.25, -0.2) is 0 Å². The first-order valence-corrected chi connectivity index (χ1v) is 5.99. The molecule has 2 aliphatic rings. The van der Waals surface area contributed by atoms with Crippen molar-refractivity contribution >= 4 is 0 Å². The number of nitrogens with zero attached hydrogens (tertiary/aromatic N) is 1. The van der Waals surface area contributed by atoms with Gasteiger partial charge in [-0.2, -0.15) is 13.2 Å². The van der Waals surface area contributed by atoms with Crippen molar-refractivity contribution in [3.8, 4) is 0 Å². The molecule has 2 unspecified atom stereocenters. The first kappa shape index (κ1) is 12.2. The van der Waals surface area contributed by atoms with Crippen molar-refractivity contribution in [1.82, 2.24) is 10.2 Å². The van der Waals surface area contributed by atoms with Gasteiger partial charge in [0.15, 0.2) is 0 Å². The van der Waals surface area contributed by atoms with E-state index in [2.05, 4.69) is 10.2 Å². The number of nitrogens with one attached hydrogen (secondary N) is 1. The lowest BCUT2D eigenvalue weighted by Gasteiger charge is -2.39. The van der Waals surface area contributed by atoms with Crippen molar-refractivity contribution in [3.05, 3.63) is 0 Å². The number of hydrogen-bond acceptors (Lipinski definition) is 2. The third-order valence-electron chi connectivity index (χ3n) is 3.95. The van der Waals surface area contributed by atoms with Crippen LogP contribution < -0.4 is 5.32 Å². The summed E-state index contributed by atoms with van der Waals surface area (Å²) < 4.78 is 36.6. The summed E-state index contributed by atoms with van der Waals surface area (Å²) in [4.78, 5) is 2.08. The Hall–Kier alpha value is -0.290. The van der Waals surface area contributed by atoms with Crippen LogP contribution in [-0.4, -0.2) is 42.8 Å². The first-order chi connectivity index (χ1) is 7.49. The average Bonchev–Trinajstić information content (AvgIpc) is 2.45. The predicted molar refractivity (Wildman–Crippen MR) is 56.3 cm³/mol. The monoisotopic (exact) mass is 236 g/mol. The molecule has 2 heterocycles. The minimum atomic E-state index is -4.01. The fraction of sp³-hybridized carbons (Fsp3) is 1.00. The minimum Gasteiger partial charge on any atom is -0.317 e. The Labute approximate surface area is 94.2 Å². The summed E-state index contributed by atoms with van der Waals surface area (Å²) in [5.74, 6) is 0. The molecular formula is C11H19F3N2. The maximum absolute atomic E-state index is 12.2. The van der Waals surface area contributed by atoms with E-state index >= 15 is 0 Å². The van der Waals surface area contributed by atoms with Crippen molar-refractivity contribution in [2.24, 2.45) is 0 Å². The van der Waals surface area contributed by atoms with Crippen LogP contribution in [0.15, 0.2) is 0 Å². The van der Waals surface area contributed by atoms with Crippen molar-refractivity contribution < 1.29 is 13.2 Å². The van der Waals surface area contributed by atoms with E-state index in [-0.39, 0.29) is 6.54 Å². The summed E-state index contributed by atoms with van der Waals surface area (Å²) in [7, 11) is 1.94. The molecule has 2 nitrogen and oxygen atoms in total. The predicted octanol–water partition coefficient (Wildman–Crippen LogP) is 2.15. The maximum Gasteiger partial charge on any atom is 0.390 e. The molecule has 0 spiro atoms. The zero-order chi connectivity index (χ0) is 11.8. The Morgan fingerprint density at radius 2 is 1.75 bits per heavy atom. The molecule has 0 aromatic rings. The summed E-state index contributed by atoms with van der Waals surface area (Å²) in [6.45, 7) is 0.190. The van der Waals surface area contributed by atoms with E-state index in [4.69, 9.17) is 0 Å². The van der Waals surface area contributed by atoms with Gasteiger partial charge in [-0.05, 0) is 32.7 Å². The summed E-state index contributed by atoms with van der Waals surface area (Å²) >= 11 is 0. The number of piperidine rings is 1. The Kier molecular flexibility index (Phi) is 3.45. The Balaban J connectivity index is 1.88. The zero-order valence-corrected chi connectivity index (χ0v) is 9.56. The molecular weight excluding hydrogens is 217 g/mol. The average molecular weight is 236 g/mol. The van der Waals surface area contributed by atoms with E-state index in [9.17, 15) is 13.2 Å². The van der Waals surface area contributed by atoms with Gasteiger partial charge in [0.25, 0.3) is 0 Å². The number of fused-ring (bicyclic) bond motifs is 2. The second-order valence-electron chi connectivity index (χ2n) is 4.95. The normalized spacial score (nSPS) is 35.6. The molecule has 0 aliphatic carbocycles. The highest BCUT2D eigenvalue weighted by Gasteiger charge is 2.41. The SMILES string of the molecule is CNC1CC2CCC(C1)N2CCC(F)(F)F. The molecule has 0 saturated carbocycles. The van der Waals surface area contributed by atoms with Gasteiger partial charge in [0.2, 0.25) is 0 Å². The molecule has 94 valence electrons. The molecule has 2 rings (SSSR count). The Bertz CT molecular complexity index is 228. The molecule has 0 aromatic heterocycles. The van der Waals surface area contributed by atoms with Gasteiger partial charge in [-0.15, -0.1) is 0 Å². The summed E-state index contributed by atoms with van der Waals surface area (Å²) in [5, 5.41) is 3.25. The number of hydrogen-bond donors (Lipinski definition) is 1. The lowest BCUT2D eigenvalue weighted by atomic mass is 9.97. The van der Waals surface area contributed by atoms with Crippen LogP contribution in [0.25, 0.3) is 0 Å². The third kappa shape index (κ3) is 2.69. The highest BCUT2D eigenvalue weighted by Crippen LogP contribution is 2.36. The van der Waals surface area contributed by atoms with E-state index < -0.39 is 12.6 Å². The van der Waals surface area contributed by atoms with Gasteiger partial charge in [-0.1, -0.05) is 0 Å². The number of rotatable bonds is 3. The van der Waals surface area contributed by atoms with Crippen LogP contribution in [-0.2, 0) is 0 Å². The largest absolute Gasteiger partial charge is 0.390 e. The molecule has 0 radical (unpaired) electrons. The summed E-state index contributed by atoms with van der Waals surface area (Å²) in [6, 6.07) is 1.25. The maximum atomic E-state index is 12.2. The molecule has 1 N–H and O–H groups in total. The fourth-order valence-corrected chi connectivity index (χ4v) is 3.13. The third-order valence-corrected chi connectivity index (χ3v) is 3.95. The van der Waals surface area contributed by atoms with Gasteiger partial charge < -0.3 is 5.32 Å². The quantitative estimate of drug-likeness (QED) is 0.807. The van der Waals surface area contributed by atoms with E-state index in [1.54, 1.807) is 0 Å². The van der Waals surface area contributed by atoms with Crippen molar-refractivity contribution in [2.45, 2.75) is 56.4 Å². The van der Waals surface area contributed by atoms with Crippen LogP contribution in [0.1, 0.15) is 32.1 Å². The lowest BCUT2D eigenvalue weighted by molar-refractivity contribution is -0.140. The van der Waals surface area contributed by atoms with E-state index in [0.29, 0.717) is 18.1 Å². The van der Waals surface area contributed by atoms with Crippen LogP contribution in [0.3, 0.4) is 0 Å². The molecule has 0 aromatic carbocycles. The molecule has 16 heavy (non-hydrogen) atoms. The molecule has 2 bridgehead atoms. The highest BCUT2D eigenvalue weighted by molar-refractivity contribution is 4.97. The van der Waals surface area contributed by atoms with Gasteiger partial charge in [0, 0.05) is 24.7 Å². The number of halogens is 3. The van der Waals surface area contributed by atoms with Crippen LogP contribution in [0.2, 0.25) is 0 Å². The summed E-state index contributed by atoms with van der Waals surface area (Å²) in [5.41, 5.74) is 0. The molecule has 2 saturated heterocycles. The smallest absolute Gasteiger partial charge is 0.317 e. The second kappa shape index (κ2) is 4.53.